The largest absolute Gasteiger partial charge is 0.506 e. The lowest BCUT2D eigenvalue weighted by molar-refractivity contribution is -0.124. The summed E-state index contributed by atoms with van der Waals surface area (Å²) in [5.41, 5.74) is 1.85. The number of benzene rings is 1. The van der Waals surface area contributed by atoms with Crippen LogP contribution >= 0.6 is 11.3 Å². The number of aliphatic hydroxyl groups is 2. The van der Waals surface area contributed by atoms with Crippen LogP contribution < -0.4 is 4.90 Å². The summed E-state index contributed by atoms with van der Waals surface area (Å²) in [6.45, 7) is 8.62. The summed E-state index contributed by atoms with van der Waals surface area (Å²) in [4.78, 5) is 16.3. The molecule has 2 aromatic rings. The molecule has 1 aliphatic carbocycles. The van der Waals surface area contributed by atoms with Crippen molar-refractivity contribution in [2.24, 2.45) is 17.3 Å². The smallest absolute Gasteiger partial charge is 0.231 e. The minimum Gasteiger partial charge on any atom is -0.506 e. The molecule has 1 unspecified atom stereocenters. The summed E-state index contributed by atoms with van der Waals surface area (Å²) in [6, 6.07) is 11.3. The van der Waals surface area contributed by atoms with E-state index in [1.807, 2.05) is 36.4 Å². The molecule has 0 bridgehead atoms. The van der Waals surface area contributed by atoms with Gasteiger partial charge in [0.05, 0.1) is 11.6 Å². The SMILES string of the molecule is CC1C(O)=C(O)c2cc(-c3ccccc3)sc2N1C(=O)C1CCC(C(C)(C)C)CC1. The Labute approximate surface area is 182 Å². The summed E-state index contributed by atoms with van der Waals surface area (Å²) < 4.78 is 0. The monoisotopic (exact) mass is 425 g/mol. The lowest BCUT2D eigenvalue weighted by Gasteiger charge is -2.39. The van der Waals surface area contributed by atoms with Gasteiger partial charge >= 0.3 is 0 Å². The molecule has 2 N–H and O–H groups in total. The molecule has 4 rings (SSSR count). The number of hydrogen-bond donors (Lipinski definition) is 2. The van der Waals surface area contributed by atoms with Crippen molar-refractivity contribution in [3.63, 3.8) is 0 Å². The second-order valence-corrected chi connectivity index (χ2v) is 10.8. The van der Waals surface area contributed by atoms with Crippen LogP contribution in [0.25, 0.3) is 16.2 Å². The van der Waals surface area contributed by atoms with Gasteiger partial charge in [0.1, 0.15) is 5.00 Å². The average Bonchev–Trinajstić information content (AvgIpc) is 3.17. The van der Waals surface area contributed by atoms with E-state index >= 15 is 0 Å². The minimum atomic E-state index is -0.562. The van der Waals surface area contributed by atoms with Crippen molar-refractivity contribution >= 4 is 28.0 Å². The minimum absolute atomic E-state index is 0.0331. The highest BCUT2D eigenvalue weighted by molar-refractivity contribution is 7.20. The van der Waals surface area contributed by atoms with Crippen molar-refractivity contribution in [2.45, 2.75) is 59.4 Å². The molecule has 2 aliphatic rings. The Bertz CT molecular complexity index is 962. The molecule has 5 heteroatoms. The van der Waals surface area contributed by atoms with E-state index in [1.54, 1.807) is 11.8 Å². The van der Waals surface area contributed by atoms with Gasteiger partial charge in [-0.3, -0.25) is 9.69 Å². The van der Waals surface area contributed by atoms with Gasteiger partial charge in [0.15, 0.2) is 11.5 Å². The number of amides is 1. The first-order valence-corrected chi connectivity index (χ1v) is 11.6. The predicted octanol–water partition coefficient (Wildman–Crippen LogP) is 6.79. The number of carbonyl (C=O) groups excluding carboxylic acids is 1. The molecule has 1 aromatic carbocycles. The van der Waals surface area contributed by atoms with Gasteiger partial charge in [-0.15, -0.1) is 11.3 Å². The summed E-state index contributed by atoms with van der Waals surface area (Å²) in [6.07, 6.45) is 3.88. The number of fused-ring (bicyclic) bond motifs is 1. The highest BCUT2D eigenvalue weighted by Gasteiger charge is 2.41. The van der Waals surface area contributed by atoms with Crippen LogP contribution in [0.1, 0.15) is 58.9 Å². The van der Waals surface area contributed by atoms with Crippen LogP contribution in [0.15, 0.2) is 42.2 Å². The fourth-order valence-electron chi connectivity index (χ4n) is 4.80. The Kier molecular flexibility index (Phi) is 5.43. The standard InChI is InChI=1S/C25H31NO3S/c1-15-21(27)22(28)19-14-20(16-8-6-5-7-9-16)30-24(19)26(15)23(29)17-10-12-18(13-11-17)25(2,3)4/h5-9,14-15,17-18,27-28H,10-13H2,1-4H3. The fraction of sp³-hybridized carbons (Fsp3) is 0.480. The molecular formula is C25H31NO3S. The molecule has 1 saturated carbocycles. The molecule has 4 nitrogen and oxygen atoms in total. The Hall–Kier alpha value is -2.27. The van der Waals surface area contributed by atoms with Gasteiger partial charge in [-0.2, -0.15) is 0 Å². The first kappa shape index (κ1) is 21.0. The summed E-state index contributed by atoms with van der Waals surface area (Å²) in [5, 5.41) is 21.9. The third-order valence-electron chi connectivity index (χ3n) is 6.81. The zero-order valence-electron chi connectivity index (χ0n) is 18.2. The quantitative estimate of drug-likeness (QED) is 0.557. The van der Waals surface area contributed by atoms with E-state index in [9.17, 15) is 15.0 Å². The van der Waals surface area contributed by atoms with Gasteiger partial charge in [-0.05, 0) is 55.6 Å². The highest BCUT2D eigenvalue weighted by Crippen LogP contribution is 2.47. The topological polar surface area (TPSA) is 60.8 Å². The molecule has 0 spiro atoms. The molecule has 1 aliphatic heterocycles. The lowest BCUT2D eigenvalue weighted by Crippen LogP contribution is -2.46. The molecule has 1 fully saturated rings. The van der Waals surface area contributed by atoms with Gasteiger partial charge in [0.2, 0.25) is 5.91 Å². The first-order chi connectivity index (χ1) is 14.2. The highest BCUT2D eigenvalue weighted by atomic mass is 32.1. The Morgan fingerprint density at radius 1 is 1.07 bits per heavy atom. The third kappa shape index (κ3) is 3.64. The molecule has 30 heavy (non-hydrogen) atoms. The van der Waals surface area contributed by atoms with E-state index in [2.05, 4.69) is 20.8 Å². The van der Waals surface area contributed by atoms with Gasteiger partial charge in [-0.1, -0.05) is 51.1 Å². The van der Waals surface area contributed by atoms with Gasteiger partial charge in [0, 0.05) is 10.8 Å². The van der Waals surface area contributed by atoms with Crippen LogP contribution in [0.2, 0.25) is 0 Å². The molecular weight excluding hydrogens is 394 g/mol. The normalized spacial score (nSPS) is 24.7. The first-order valence-electron chi connectivity index (χ1n) is 10.8. The van der Waals surface area contributed by atoms with E-state index in [0.29, 0.717) is 11.5 Å². The van der Waals surface area contributed by atoms with Crippen LogP contribution in [-0.2, 0) is 4.79 Å². The number of carbonyl (C=O) groups is 1. The van der Waals surface area contributed by atoms with Crippen molar-refractivity contribution in [1.82, 2.24) is 0 Å². The van der Waals surface area contributed by atoms with E-state index in [1.165, 1.54) is 11.3 Å². The zero-order valence-corrected chi connectivity index (χ0v) is 19.0. The van der Waals surface area contributed by atoms with Crippen molar-refractivity contribution < 1.29 is 15.0 Å². The maximum atomic E-state index is 13.6. The molecule has 0 radical (unpaired) electrons. The van der Waals surface area contributed by atoms with Crippen molar-refractivity contribution in [3.05, 3.63) is 47.7 Å². The summed E-state index contributed by atoms with van der Waals surface area (Å²) >= 11 is 1.50. The number of anilines is 1. The van der Waals surface area contributed by atoms with E-state index in [4.69, 9.17) is 0 Å². The van der Waals surface area contributed by atoms with E-state index < -0.39 is 6.04 Å². The molecule has 1 amide bonds. The van der Waals surface area contributed by atoms with E-state index in [-0.39, 0.29) is 28.8 Å². The van der Waals surface area contributed by atoms with Crippen LogP contribution in [0, 0.1) is 17.3 Å². The molecule has 1 atom stereocenters. The number of thiophene rings is 1. The van der Waals surface area contributed by atoms with Crippen LogP contribution in [0.4, 0.5) is 5.00 Å². The number of hydrogen-bond acceptors (Lipinski definition) is 4. The summed E-state index contributed by atoms with van der Waals surface area (Å²) in [5.74, 6) is 0.429. The molecule has 0 saturated heterocycles. The number of rotatable bonds is 2. The maximum absolute atomic E-state index is 13.6. The van der Waals surface area contributed by atoms with Crippen molar-refractivity contribution in [1.29, 1.82) is 0 Å². The van der Waals surface area contributed by atoms with Crippen LogP contribution in [0.3, 0.4) is 0 Å². The molecule has 160 valence electrons. The second-order valence-electron chi connectivity index (χ2n) is 9.73. The third-order valence-corrected chi connectivity index (χ3v) is 7.99. The van der Waals surface area contributed by atoms with Crippen LogP contribution in [-0.4, -0.2) is 22.2 Å². The number of nitrogens with zero attached hydrogens (tertiary/aromatic N) is 1. The molecule has 2 heterocycles. The van der Waals surface area contributed by atoms with Crippen LogP contribution in [0.5, 0.6) is 0 Å². The summed E-state index contributed by atoms with van der Waals surface area (Å²) in [7, 11) is 0. The van der Waals surface area contributed by atoms with E-state index in [0.717, 1.165) is 41.1 Å². The zero-order chi connectivity index (χ0) is 21.6. The lowest BCUT2D eigenvalue weighted by atomic mass is 9.69. The fourth-order valence-corrected chi connectivity index (χ4v) is 6.05. The maximum Gasteiger partial charge on any atom is 0.231 e. The van der Waals surface area contributed by atoms with Crippen molar-refractivity contribution in [3.8, 4) is 10.4 Å². The molecule has 1 aromatic heterocycles. The van der Waals surface area contributed by atoms with Crippen molar-refractivity contribution in [2.75, 3.05) is 4.90 Å². The average molecular weight is 426 g/mol. The van der Waals surface area contributed by atoms with Gasteiger partial charge in [0.25, 0.3) is 0 Å². The van der Waals surface area contributed by atoms with Gasteiger partial charge in [-0.25, -0.2) is 0 Å². The Morgan fingerprint density at radius 2 is 1.70 bits per heavy atom. The predicted molar refractivity (Wildman–Crippen MR) is 124 cm³/mol. The Morgan fingerprint density at radius 3 is 2.30 bits per heavy atom. The Balaban J connectivity index is 1.65. The number of aliphatic hydroxyl groups excluding tert-OH is 2. The second kappa shape index (κ2) is 7.77. The van der Waals surface area contributed by atoms with Gasteiger partial charge < -0.3 is 10.2 Å².